The molecule has 0 aliphatic rings. The number of aromatic hydroxyl groups is 1. The lowest BCUT2D eigenvalue weighted by Gasteiger charge is -2.11. The Balaban J connectivity index is 2.16. The van der Waals surface area contributed by atoms with Gasteiger partial charge in [0.05, 0.1) is 18.4 Å². The molecular weight excluding hydrogens is 344 g/mol. The van der Waals surface area contributed by atoms with Crippen molar-refractivity contribution < 1.29 is 14.6 Å². The van der Waals surface area contributed by atoms with Crippen LogP contribution < -0.4 is 10.6 Å². The van der Waals surface area contributed by atoms with E-state index in [1.807, 2.05) is 6.92 Å². The maximum Gasteiger partial charge on any atom is 0.340 e. The molecule has 22 heavy (non-hydrogen) atoms. The Bertz CT molecular complexity index is 731. The molecule has 0 saturated heterocycles. The number of carbonyl (C=O) groups is 1. The van der Waals surface area contributed by atoms with Crippen molar-refractivity contribution in [1.82, 2.24) is 0 Å². The first-order valence-electron chi connectivity index (χ1n) is 6.16. The van der Waals surface area contributed by atoms with Crippen LogP contribution in [0.3, 0.4) is 0 Å². The normalized spacial score (nSPS) is 10.1. The van der Waals surface area contributed by atoms with Crippen LogP contribution in [0.25, 0.3) is 0 Å². The van der Waals surface area contributed by atoms with E-state index in [0.717, 1.165) is 4.88 Å². The molecule has 5 nitrogen and oxygen atoms in total. The minimum atomic E-state index is -0.444. The van der Waals surface area contributed by atoms with E-state index in [-0.39, 0.29) is 10.9 Å². The molecule has 1 aromatic heterocycles. The number of phenolic OH excluding ortho intramolecular Hbond substituents is 1. The monoisotopic (exact) mass is 356 g/mol. The van der Waals surface area contributed by atoms with Gasteiger partial charge in [0, 0.05) is 9.90 Å². The average molecular weight is 357 g/mol. The Morgan fingerprint density at radius 3 is 2.77 bits per heavy atom. The molecule has 2 rings (SSSR count). The lowest BCUT2D eigenvalue weighted by Crippen LogP contribution is -2.20. The third kappa shape index (κ3) is 3.88. The minimum absolute atomic E-state index is 0.0177. The van der Waals surface area contributed by atoms with Gasteiger partial charge in [0.25, 0.3) is 0 Å². The van der Waals surface area contributed by atoms with E-state index < -0.39 is 5.97 Å². The van der Waals surface area contributed by atoms with Crippen molar-refractivity contribution in [2.24, 2.45) is 0 Å². The van der Waals surface area contributed by atoms with Crippen molar-refractivity contribution in [2.75, 3.05) is 17.7 Å². The number of halogens is 1. The fourth-order valence-corrected chi connectivity index (χ4v) is 3.09. The number of aryl methyl sites for hydroxylation is 1. The molecule has 0 spiro atoms. The summed E-state index contributed by atoms with van der Waals surface area (Å²) in [5.74, 6) is -0.427. The molecule has 1 heterocycles. The number of thiocarbonyl (C=S) groups is 1. The van der Waals surface area contributed by atoms with Gasteiger partial charge in [-0.25, -0.2) is 4.79 Å². The van der Waals surface area contributed by atoms with Gasteiger partial charge < -0.3 is 20.5 Å². The molecule has 1 aromatic carbocycles. The molecule has 0 bridgehead atoms. The molecule has 0 amide bonds. The highest BCUT2D eigenvalue weighted by Gasteiger charge is 2.16. The third-order valence-corrected chi connectivity index (χ3v) is 4.10. The van der Waals surface area contributed by atoms with Crippen LogP contribution >= 0.6 is 35.2 Å². The number of hydrogen-bond donors (Lipinski definition) is 3. The van der Waals surface area contributed by atoms with E-state index in [0.29, 0.717) is 21.3 Å². The molecule has 0 fully saturated rings. The smallest absolute Gasteiger partial charge is 0.340 e. The molecule has 2 aromatic rings. The maximum atomic E-state index is 11.7. The quantitative estimate of drug-likeness (QED) is 0.438. The number of phenols is 1. The number of methoxy groups -OCH3 is 1. The summed E-state index contributed by atoms with van der Waals surface area (Å²) in [5, 5.41) is 16.8. The van der Waals surface area contributed by atoms with Gasteiger partial charge in [-0.15, -0.1) is 11.3 Å². The Kier molecular flexibility index (Phi) is 5.23. The van der Waals surface area contributed by atoms with E-state index in [4.69, 9.17) is 28.6 Å². The number of esters is 1. The molecule has 0 saturated carbocycles. The van der Waals surface area contributed by atoms with Gasteiger partial charge in [-0.2, -0.15) is 0 Å². The van der Waals surface area contributed by atoms with Gasteiger partial charge in [-0.3, -0.25) is 0 Å². The van der Waals surface area contributed by atoms with Crippen molar-refractivity contribution in [1.29, 1.82) is 0 Å². The number of carbonyl (C=O) groups excluding carboxylic acids is 1. The largest absolute Gasteiger partial charge is 0.506 e. The summed E-state index contributed by atoms with van der Waals surface area (Å²) in [6, 6.07) is 6.29. The molecule has 0 unspecified atom stereocenters. The summed E-state index contributed by atoms with van der Waals surface area (Å²) >= 11 is 12.4. The van der Waals surface area contributed by atoms with Crippen LogP contribution in [0, 0.1) is 6.92 Å². The number of anilines is 2. The Hall–Kier alpha value is -1.83. The summed E-state index contributed by atoms with van der Waals surface area (Å²) in [6.07, 6.45) is 0. The predicted molar refractivity (Wildman–Crippen MR) is 93.4 cm³/mol. The first kappa shape index (κ1) is 16.5. The van der Waals surface area contributed by atoms with E-state index in [1.54, 1.807) is 18.2 Å². The molecule has 3 N–H and O–H groups in total. The van der Waals surface area contributed by atoms with Gasteiger partial charge in [-0.05, 0) is 43.4 Å². The first-order valence-corrected chi connectivity index (χ1v) is 7.76. The number of benzene rings is 1. The molecular formula is C14H13ClN2O3S2. The lowest BCUT2D eigenvalue weighted by atomic mass is 10.3. The summed E-state index contributed by atoms with van der Waals surface area (Å²) in [4.78, 5) is 12.7. The second-order valence-electron chi connectivity index (χ2n) is 4.33. The number of ether oxygens (including phenoxy) is 1. The van der Waals surface area contributed by atoms with Gasteiger partial charge in [0.15, 0.2) is 5.11 Å². The van der Waals surface area contributed by atoms with Gasteiger partial charge in [0.2, 0.25) is 0 Å². The highest BCUT2D eigenvalue weighted by molar-refractivity contribution is 7.80. The average Bonchev–Trinajstić information content (AvgIpc) is 2.82. The zero-order valence-corrected chi connectivity index (χ0v) is 14.2. The van der Waals surface area contributed by atoms with Gasteiger partial charge in [0.1, 0.15) is 10.8 Å². The summed E-state index contributed by atoms with van der Waals surface area (Å²) in [5.41, 5.74) is 0.780. The molecule has 0 aliphatic carbocycles. The van der Waals surface area contributed by atoms with E-state index in [1.165, 1.54) is 24.5 Å². The van der Waals surface area contributed by atoms with Crippen molar-refractivity contribution in [2.45, 2.75) is 6.92 Å². The fourth-order valence-electron chi connectivity index (χ4n) is 1.73. The molecule has 8 heteroatoms. The third-order valence-electron chi connectivity index (χ3n) is 2.69. The van der Waals surface area contributed by atoms with Crippen molar-refractivity contribution in [3.05, 3.63) is 39.7 Å². The molecule has 0 aliphatic heterocycles. The van der Waals surface area contributed by atoms with Crippen molar-refractivity contribution >= 4 is 56.9 Å². The summed E-state index contributed by atoms with van der Waals surface area (Å²) in [6.45, 7) is 1.88. The number of thiophene rings is 1. The van der Waals surface area contributed by atoms with Crippen LogP contribution in [-0.4, -0.2) is 23.3 Å². The van der Waals surface area contributed by atoms with E-state index in [9.17, 15) is 9.90 Å². The molecule has 116 valence electrons. The molecule has 0 radical (unpaired) electrons. The van der Waals surface area contributed by atoms with Crippen molar-refractivity contribution in [3.63, 3.8) is 0 Å². The van der Waals surface area contributed by atoms with E-state index in [2.05, 4.69) is 10.6 Å². The zero-order valence-electron chi connectivity index (χ0n) is 11.8. The number of nitrogens with one attached hydrogen (secondary N) is 2. The SMILES string of the molecule is COC(=O)c1cc(C)sc1NC(=S)Nc1cc(Cl)ccc1O. The van der Waals surface area contributed by atoms with Crippen LogP contribution in [0.4, 0.5) is 10.7 Å². The Morgan fingerprint density at radius 1 is 1.36 bits per heavy atom. The van der Waals surface area contributed by atoms with Crippen molar-refractivity contribution in [3.8, 4) is 5.75 Å². The standard InChI is InChI=1S/C14H13ClN2O3S2/c1-7-5-9(13(19)20-2)12(22-7)17-14(21)16-10-6-8(15)3-4-11(10)18/h3-6,18H,1-2H3,(H2,16,17,21). The van der Waals surface area contributed by atoms with Gasteiger partial charge in [-0.1, -0.05) is 11.6 Å². The Morgan fingerprint density at radius 2 is 2.09 bits per heavy atom. The Labute approximate surface area is 141 Å². The number of rotatable bonds is 3. The van der Waals surface area contributed by atoms with Gasteiger partial charge >= 0.3 is 5.97 Å². The number of hydrogen-bond acceptors (Lipinski definition) is 5. The molecule has 0 atom stereocenters. The minimum Gasteiger partial charge on any atom is -0.506 e. The highest BCUT2D eigenvalue weighted by Crippen LogP contribution is 2.30. The second-order valence-corrected chi connectivity index (χ2v) is 6.43. The van der Waals surface area contributed by atoms with E-state index >= 15 is 0 Å². The highest BCUT2D eigenvalue weighted by atomic mass is 35.5. The summed E-state index contributed by atoms with van der Waals surface area (Å²) in [7, 11) is 1.32. The topological polar surface area (TPSA) is 70.6 Å². The van der Waals surface area contributed by atoms with Crippen LogP contribution in [-0.2, 0) is 4.74 Å². The van der Waals surface area contributed by atoms with Crippen LogP contribution in [0.15, 0.2) is 24.3 Å². The first-order chi connectivity index (χ1) is 10.4. The van der Waals surface area contributed by atoms with Crippen LogP contribution in [0.1, 0.15) is 15.2 Å². The van der Waals surface area contributed by atoms with Crippen LogP contribution in [0.5, 0.6) is 5.75 Å². The second kappa shape index (κ2) is 6.95. The maximum absolute atomic E-state index is 11.7. The zero-order chi connectivity index (χ0) is 16.3. The predicted octanol–water partition coefficient (Wildman–Crippen LogP) is 4.01. The summed E-state index contributed by atoms with van der Waals surface area (Å²) < 4.78 is 4.73. The lowest BCUT2D eigenvalue weighted by molar-refractivity contribution is 0.0602. The van der Waals surface area contributed by atoms with Crippen LogP contribution in [0.2, 0.25) is 5.02 Å². The fraction of sp³-hybridized carbons (Fsp3) is 0.143.